The van der Waals surface area contributed by atoms with Crippen LogP contribution in [-0.2, 0) is 0 Å². The summed E-state index contributed by atoms with van der Waals surface area (Å²) in [6, 6.07) is 74.7. The van der Waals surface area contributed by atoms with Gasteiger partial charge < -0.3 is 4.42 Å². The predicted octanol–water partition coefficient (Wildman–Crippen LogP) is 15.2. The highest BCUT2D eigenvalue weighted by Crippen LogP contribution is 2.41. The van der Waals surface area contributed by atoms with Gasteiger partial charge in [-0.25, -0.2) is 15.0 Å². The molecule has 10 aromatic carbocycles. The van der Waals surface area contributed by atoms with E-state index in [9.17, 15) is 0 Å². The van der Waals surface area contributed by atoms with Gasteiger partial charge in [0.2, 0.25) is 0 Å². The lowest BCUT2D eigenvalue weighted by molar-refractivity contribution is 0.669. The number of furan rings is 1. The van der Waals surface area contributed by atoms with Gasteiger partial charge in [0.15, 0.2) is 17.5 Å². The Morgan fingerprint density at radius 1 is 0.262 bits per heavy atom. The minimum atomic E-state index is 0.607. The van der Waals surface area contributed by atoms with Crippen molar-refractivity contribution in [3.63, 3.8) is 0 Å². The minimum Gasteiger partial charge on any atom is -0.456 e. The van der Waals surface area contributed by atoms with Crippen LogP contribution in [0.1, 0.15) is 0 Å². The number of fused-ring (bicyclic) bond motifs is 7. The standard InChI is InChI=1S/C57H35N3O/c1-2-13-36(14-3-1)44-19-8-9-23-49(44)57-59-55(58-56(60-57)43-18-12-17-40(33-43)41-30-32-53-51(34-41)47-22-10-11-24-52(47)61-53)39-27-25-38(26-28-39)54-46-21-7-5-16-42(46)35-50-45-20-6-4-15-37(45)29-31-48(50)54/h1-35H. The van der Waals surface area contributed by atoms with Crippen molar-refractivity contribution in [1.82, 2.24) is 15.0 Å². The number of hydrogen-bond acceptors (Lipinski definition) is 4. The van der Waals surface area contributed by atoms with Crippen LogP contribution in [0.4, 0.5) is 0 Å². The molecule has 4 nitrogen and oxygen atoms in total. The average Bonchev–Trinajstić information content (AvgIpc) is 3.71. The molecule has 0 aliphatic rings. The number of nitrogens with zero attached hydrogens (tertiary/aromatic N) is 3. The molecule has 12 rings (SSSR count). The van der Waals surface area contributed by atoms with Crippen LogP contribution in [0.15, 0.2) is 217 Å². The Bertz CT molecular complexity index is 3650. The van der Waals surface area contributed by atoms with Gasteiger partial charge in [0, 0.05) is 27.5 Å². The van der Waals surface area contributed by atoms with E-state index in [1.807, 2.05) is 24.3 Å². The van der Waals surface area contributed by atoms with E-state index in [-0.39, 0.29) is 0 Å². The number of aromatic nitrogens is 3. The molecule has 0 aliphatic heterocycles. The molecule has 0 saturated carbocycles. The SMILES string of the molecule is c1ccc(-c2ccccc2-c2nc(-c3ccc(-c4c5ccccc5cc5c4ccc4ccccc45)cc3)nc(-c3cccc(-c4ccc5oc6ccccc6c5c4)c3)n2)cc1. The summed E-state index contributed by atoms with van der Waals surface area (Å²) >= 11 is 0. The van der Waals surface area contributed by atoms with Crippen molar-refractivity contribution in [3.8, 4) is 67.5 Å². The van der Waals surface area contributed by atoms with Crippen LogP contribution in [0.3, 0.4) is 0 Å². The van der Waals surface area contributed by atoms with Gasteiger partial charge in [-0.15, -0.1) is 0 Å². The lowest BCUT2D eigenvalue weighted by Gasteiger charge is -2.15. The quantitative estimate of drug-likeness (QED) is 0.125. The number of para-hydroxylation sites is 1. The molecule has 0 unspecified atom stereocenters. The Morgan fingerprint density at radius 3 is 1.70 bits per heavy atom. The van der Waals surface area contributed by atoms with Crippen molar-refractivity contribution in [2.24, 2.45) is 0 Å². The predicted molar refractivity (Wildman–Crippen MR) is 252 cm³/mol. The Labute approximate surface area is 352 Å². The molecule has 0 amide bonds. The van der Waals surface area contributed by atoms with Crippen molar-refractivity contribution in [2.75, 3.05) is 0 Å². The minimum absolute atomic E-state index is 0.607. The summed E-state index contributed by atoms with van der Waals surface area (Å²) in [7, 11) is 0. The third-order valence-corrected chi connectivity index (χ3v) is 11.9. The van der Waals surface area contributed by atoms with Crippen molar-refractivity contribution in [1.29, 1.82) is 0 Å². The summed E-state index contributed by atoms with van der Waals surface area (Å²) in [5.74, 6) is 1.84. The maximum Gasteiger partial charge on any atom is 0.164 e. The van der Waals surface area contributed by atoms with Gasteiger partial charge in [-0.05, 0) is 96.0 Å². The van der Waals surface area contributed by atoms with Gasteiger partial charge in [-0.3, -0.25) is 0 Å². The highest BCUT2D eigenvalue weighted by molar-refractivity contribution is 6.20. The van der Waals surface area contributed by atoms with Crippen LogP contribution in [0, 0.1) is 0 Å². The third-order valence-electron chi connectivity index (χ3n) is 11.9. The molecule has 0 saturated heterocycles. The second-order valence-corrected chi connectivity index (χ2v) is 15.5. The smallest absolute Gasteiger partial charge is 0.164 e. The molecule has 4 heteroatoms. The van der Waals surface area contributed by atoms with Crippen LogP contribution in [0.2, 0.25) is 0 Å². The van der Waals surface area contributed by atoms with E-state index < -0.39 is 0 Å². The maximum atomic E-state index is 6.15. The molecule has 0 atom stereocenters. The van der Waals surface area contributed by atoms with Crippen molar-refractivity contribution in [2.45, 2.75) is 0 Å². The van der Waals surface area contributed by atoms with E-state index in [1.54, 1.807) is 0 Å². The topological polar surface area (TPSA) is 51.8 Å². The molecule has 0 radical (unpaired) electrons. The fourth-order valence-corrected chi connectivity index (χ4v) is 8.96. The first-order valence-electron chi connectivity index (χ1n) is 20.6. The highest BCUT2D eigenvalue weighted by Gasteiger charge is 2.18. The summed E-state index contributed by atoms with van der Waals surface area (Å²) in [5, 5.41) is 9.60. The van der Waals surface area contributed by atoms with E-state index in [2.05, 4.69) is 188 Å². The van der Waals surface area contributed by atoms with Crippen LogP contribution in [0.25, 0.3) is 122 Å². The summed E-state index contributed by atoms with van der Waals surface area (Å²) in [4.78, 5) is 15.7. The first-order valence-corrected chi connectivity index (χ1v) is 20.6. The van der Waals surface area contributed by atoms with Gasteiger partial charge in [0.25, 0.3) is 0 Å². The Kier molecular flexibility index (Phi) is 8.13. The monoisotopic (exact) mass is 777 g/mol. The lowest BCUT2D eigenvalue weighted by atomic mass is 9.89. The van der Waals surface area contributed by atoms with E-state index in [4.69, 9.17) is 19.4 Å². The third kappa shape index (κ3) is 6.04. The second kappa shape index (κ2) is 14.3. The van der Waals surface area contributed by atoms with Crippen molar-refractivity contribution < 1.29 is 4.42 Å². The molecular weight excluding hydrogens is 743 g/mol. The first-order chi connectivity index (χ1) is 30.2. The first kappa shape index (κ1) is 34.8. The van der Waals surface area contributed by atoms with Gasteiger partial charge in [-0.1, -0.05) is 182 Å². The van der Waals surface area contributed by atoms with E-state index in [0.29, 0.717) is 17.5 Å². The molecule has 0 fully saturated rings. The maximum absolute atomic E-state index is 6.15. The van der Waals surface area contributed by atoms with Crippen LogP contribution < -0.4 is 0 Å². The van der Waals surface area contributed by atoms with E-state index in [1.165, 1.54) is 37.9 Å². The fourth-order valence-electron chi connectivity index (χ4n) is 8.96. The lowest BCUT2D eigenvalue weighted by Crippen LogP contribution is -2.01. The molecule has 2 aromatic heterocycles. The summed E-state index contributed by atoms with van der Waals surface area (Å²) < 4.78 is 6.15. The molecule has 284 valence electrons. The Morgan fingerprint density at radius 2 is 0.852 bits per heavy atom. The zero-order valence-electron chi connectivity index (χ0n) is 33.0. The Hall–Kier alpha value is -8.21. The fraction of sp³-hybridized carbons (Fsp3) is 0. The molecule has 0 aliphatic carbocycles. The number of rotatable bonds is 6. The highest BCUT2D eigenvalue weighted by atomic mass is 16.3. The summed E-state index contributed by atoms with van der Waals surface area (Å²) in [5.41, 5.74) is 11.2. The molecule has 0 spiro atoms. The van der Waals surface area contributed by atoms with E-state index in [0.717, 1.165) is 66.4 Å². The van der Waals surface area contributed by atoms with Gasteiger partial charge in [0.05, 0.1) is 0 Å². The average molecular weight is 778 g/mol. The molecule has 2 heterocycles. The second-order valence-electron chi connectivity index (χ2n) is 15.5. The Balaban J connectivity index is 1.01. The van der Waals surface area contributed by atoms with Crippen LogP contribution in [0.5, 0.6) is 0 Å². The van der Waals surface area contributed by atoms with Crippen LogP contribution >= 0.6 is 0 Å². The number of hydrogen-bond donors (Lipinski definition) is 0. The van der Waals surface area contributed by atoms with Crippen molar-refractivity contribution in [3.05, 3.63) is 212 Å². The largest absolute Gasteiger partial charge is 0.456 e. The summed E-state index contributed by atoms with van der Waals surface area (Å²) in [6.07, 6.45) is 0. The normalized spacial score (nSPS) is 11.6. The molecule has 0 bridgehead atoms. The molecular formula is C57H35N3O. The van der Waals surface area contributed by atoms with E-state index >= 15 is 0 Å². The zero-order valence-corrected chi connectivity index (χ0v) is 33.0. The van der Waals surface area contributed by atoms with Gasteiger partial charge in [-0.2, -0.15) is 0 Å². The molecule has 61 heavy (non-hydrogen) atoms. The van der Waals surface area contributed by atoms with Gasteiger partial charge in [0.1, 0.15) is 11.2 Å². The van der Waals surface area contributed by atoms with Crippen molar-refractivity contribution >= 4 is 54.3 Å². The zero-order chi connectivity index (χ0) is 40.3. The molecule has 0 N–H and O–H groups in total. The molecule has 12 aromatic rings. The van der Waals surface area contributed by atoms with Crippen LogP contribution in [-0.4, -0.2) is 15.0 Å². The summed E-state index contributed by atoms with van der Waals surface area (Å²) in [6.45, 7) is 0. The number of benzene rings is 10. The van der Waals surface area contributed by atoms with Gasteiger partial charge >= 0.3 is 0 Å².